The van der Waals surface area contributed by atoms with E-state index in [9.17, 15) is 5.11 Å². The lowest BCUT2D eigenvalue weighted by Gasteiger charge is -2.27. The van der Waals surface area contributed by atoms with Crippen LogP contribution in [0.15, 0.2) is 24.4 Å². The Balaban J connectivity index is 1.76. The van der Waals surface area contributed by atoms with Crippen LogP contribution in [0, 0.1) is 13.8 Å². The number of aryl methyl sites for hydroxylation is 2. The van der Waals surface area contributed by atoms with Gasteiger partial charge in [0.2, 0.25) is 0 Å². The van der Waals surface area contributed by atoms with Gasteiger partial charge in [-0.3, -0.25) is 4.90 Å². The number of nitrogens with one attached hydrogen (secondary N) is 1. The second-order valence-corrected chi connectivity index (χ2v) is 5.52. The Morgan fingerprint density at radius 3 is 2.74 bits per heavy atom. The molecule has 0 spiro atoms. The van der Waals surface area contributed by atoms with Crippen LogP contribution >= 0.6 is 0 Å². The average molecular weight is 256 g/mol. The lowest BCUT2D eigenvalue weighted by atomic mass is 10.0. The number of hydrogen-bond donors (Lipinski definition) is 2. The highest BCUT2D eigenvalue weighted by atomic mass is 16.3. The molecule has 100 valence electrons. The molecule has 3 rings (SSSR count). The van der Waals surface area contributed by atoms with Gasteiger partial charge in [0.15, 0.2) is 0 Å². The van der Waals surface area contributed by atoms with Gasteiger partial charge in [-0.1, -0.05) is 12.1 Å². The molecule has 2 aromatic rings. The number of H-pyrrole nitrogens is 1. The van der Waals surface area contributed by atoms with Gasteiger partial charge in [-0.15, -0.1) is 0 Å². The van der Waals surface area contributed by atoms with Crippen molar-refractivity contribution in [3.63, 3.8) is 0 Å². The summed E-state index contributed by atoms with van der Waals surface area (Å²) in [5.41, 5.74) is 6.02. The van der Waals surface area contributed by atoms with Crippen LogP contribution in [-0.2, 0) is 19.5 Å². The second kappa shape index (κ2) is 4.74. The smallest absolute Gasteiger partial charge is 0.121 e. The van der Waals surface area contributed by atoms with Gasteiger partial charge >= 0.3 is 0 Å². The number of phenols is 1. The molecule has 0 radical (unpaired) electrons. The Morgan fingerprint density at radius 1 is 1.26 bits per heavy atom. The van der Waals surface area contributed by atoms with Crippen molar-refractivity contribution in [1.29, 1.82) is 0 Å². The zero-order chi connectivity index (χ0) is 13.4. The topological polar surface area (TPSA) is 39.3 Å². The summed E-state index contributed by atoms with van der Waals surface area (Å²) in [7, 11) is 0. The SMILES string of the molecule is Cc1cc(CN2CCc3[nH]ccc3C2)cc(C)c1O. The van der Waals surface area contributed by atoms with E-state index in [1.54, 1.807) is 0 Å². The third kappa shape index (κ3) is 2.38. The zero-order valence-corrected chi connectivity index (χ0v) is 11.5. The minimum Gasteiger partial charge on any atom is -0.507 e. The third-order valence-electron chi connectivity index (χ3n) is 3.96. The Labute approximate surface area is 113 Å². The molecule has 0 unspecified atom stereocenters. The highest BCUT2D eigenvalue weighted by Gasteiger charge is 2.17. The predicted molar refractivity (Wildman–Crippen MR) is 76.2 cm³/mol. The van der Waals surface area contributed by atoms with E-state index in [4.69, 9.17) is 0 Å². The first kappa shape index (κ1) is 12.3. The van der Waals surface area contributed by atoms with Crippen molar-refractivity contribution in [3.05, 3.63) is 52.3 Å². The van der Waals surface area contributed by atoms with E-state index in [-0.39, 0.29) is 0 Å². The number of aromatic nitrogens is 1. The van der Waals surface area contributed by atoms with Gasteiger partial charge in [-0.2, -0.15) is 0 Å². The van der Waals surface area contributed by atoms with E-state index in [1.165, 1.54) is 16.8 Å². The number of fused-ring (bicyclic) bond motifs is 1. The Bertz CT molecular complexity index is 578. The molecule has 0 fully saturated rings. The van der Waals surface area contributed by atoms with Crippen molar-refractivity contribution in [2.24, 2.45) is 0 Å². The first-order valence-electron chi connectivity index (χ1n) is 6.80. The Hall–Kier alpha value is -1.74. The summed E-state index contributed by atoms with van der Waals surface area (Å²) in [5, 5.41) is 9.82. The minimum absolute atomic E-state index is 0.426. The molecule has 2 heterocycles. The van der Waals surface area contributed by atoms with Gasteiger partial charge in [0.05, 0.1) is 0 Å². The predicted octanol–water partition coefficient (Wildman–Crippen LogP) is 2.90. The molecule has 3 heteroatoms. The summed E-state index contributed by atoms with van der Waals surface area (Å²) < 4.78 is 0. The molecule has 0 atom stereocenters. The van der Waals surface area contributed by atoms with Crippen molar-refractivity contribution < 1.29 is 5.11 Å². The van der Waals surface area contributed by atoms with Gasteiger partial charge in [0, 0.05) is 37.9 Å². The van der Waals surface area contributed by atoms with Gasteiger partial charge < -0.3 is 10.1 Å². The van der Waals surface area contributed by atoms with E-state index in [2.05, 4.69) is 28.1 Å². The van der Waals surface area contributed by atoms with Gasteiger partial charge in [0.1, 0.15) is 5.75 Å². The van der Waals surface area contributed by atoms with E-state index in [1.807, 2.05) is 20.0 Å². The van der Waals surface area contributed by atoms with Crippen LogP contribution in [0.1, 0.15) is 27.9 Å². The Kier molecular flexibility index (Phi) is 3.07. The normalized spacial score (nSPS) is 15.5. The van der Waals surface area contributed by atoms with E-state index in [0.717, 1.165) is 37.2 Å². The molecule has 19 heavy (non-hydrogen) atoms. The molecule has 1 aromatic carbocycles. The van der Waals surface area contributed by atoms with Crippen molar-refractivity contribution in [1.82, 2.24) is 9.88 Å². The quantitative estimate of drug-likeness (QED) is 0.867. The van der Waals surface area contributed by atoms with Gasteiger partial charge in [-0.05, 0) is 42.2 Å². The molecule has 0 saturated carbocycles. The third-order valence-corrected chi connectivity index (χ3v) is 3.96. The summed E-state index contributed by atoms with van der Waals surface area (Å²) in [6.45, 7) is 6.98. The molecule has 3 nitrogen and oxygen atoms in total. The maximum atomic E-state index is 9.82. The molecule has 1 aliphatic rings. The summed E-state index contributed by atoms with van der Waals surface area (Å²) in [5.74, 6) is 0.426. The second-order valence-electron chi connectivity index (χ2n) is 5.52. The molecule has 1 aromatic heterocycles. The van der Waals surface area contributed by atoms with Crippen molar-refractivity contribution in [2.75, 3.05) is 6.54 Å². The maximum absolute atomic E-state index is 9.82. The number of benzene rings is 1. The molecule has 0 saturated heterocycles. The monoisotopic (exact) mass is 256 g/mol. The first-order chi connectivity index (χ1) is 9.13. The highest BCUT2D eigenvalue weighted by molar-refractivity contribution is 5.42. The van der Waals surface area contributed by atoms with E-state index >= 15 is 0 Å². The molecule has 0 bridgehead atoms. The highest BCUT2D eigenvalue weighted by Crippen LogP contribution is 2.25. The van der Waals surface area contributed by atoms with E-state index in [0.29, 0.717) is 5.75 Å². The fourth-order valence-corrected chi connectivity index (χ4v) is 2.94. The van der Waals surface area contributed by atoms with Crippen molar-refractivity contribution in [3.8, 4) is 5.75 Å². The number of aromatic hydroxyl groups is 1. The van der Waals surface area contributed by atoms with Gasteiger partial charge in [-0.25, -0.2) is 0 Å². The molecule has 0 aliphatic carbocycles. The van der Waals surface area contributed by atoms with Crippen molar-refractivity contribution in [2.45, 2.75) is 33.4 Å². The van der Waals surface area contributed by atoms with Crippen LogP contribution < -0.4 is 0 Å². The van der Waals surface area contributed by atoms with Crippen LogP contribution in [0.3, 0.4) is 0 Å². The molecular formula is C16H20N2O. The van der Waals surface area contributed by atoms with Crippen LogP contribution in [0.25, 0.3) is 0 Å². The Morgan fingerprint density at radius 2 is 2.00 bits per heavy atom. The standard InChI is InChI=1S/C16H20N2O/c1-11-7-13(8-12(2)16(11)19)9-18-6-4-15-14(10-18)3-5-17-15/h3,5,7-8,17,19H,4,6,9-10H2,1-2H3. The maximum Gasteiger partial charge on any atom is 0.121 e. The molecule has 1 aliphatic heterocycles. The van der Waals surface area contributed by atoms with Crippen LogP contribution in [0.5, 0.6) is 5.75 Å². The molecule has 2 N–H and O–H groups in total. The largest absolute Gasteiger partial charge is 0.507 e. The molecular weight excluding hydrogens is 236 g/mol. The van der Waals surface area contributed by atoms with Crippen LogP contribution in [0.2, 0.25) is 0 Å². The number of aromatic amines is 1. The number of hydrogen-bond acceptors (Lipinski definition) is 2. The van der Waals surface area contributed by atoms with Crippen molar-refractivity contribution >= 4 is 0 Å². The summed E-state index contributed by atoms with van der Waals surface area (Å²) in [6, 6.07) is 6.36. The first-order valence-corrected chi connectivity index (χ1v) is 6.80. The summed E-state index contributed by atoms with van der Waals surface area (Å²) in [6.07, 6.45) is 3.13. The fourth-order valence-electron chi connectivity index (χ4n) is 2.94. The van der Waals surface area contributed by atoms with Crippen LogP contribution in [0.4, 0.5) is 0 Å². The van der Waals surface area contributed by atoms with Crippen LogP contribution in [-0.4, -0.2) is 21.5 Å². The average Bonchev–Trinajstić information content (AvgIpc) is 2.83. The number of phenolic OH excluding ortho intramolecular Hbond substituents is 1. The van der Waals surface area contributed by atoms with E-state index < -0.39 is 0 Å². The fraction of sp³-hybridized carbons (Fsp3) is 0.375. The number of nitrogens with zero attached hydrogens (tertiary/aromatic N) is 1. The lowest BCUT2D eigenvalue weighted by Crippen LogP contribution is -2.29. The summed E-state index contributed by atoms with van der Waals surface area (Å²) in [4.78, 5) is 5.77. The lowest BCUT2D eigenvalue weighted by molar-refractivity contribution is 0.244. The molecule has 0 amide bonds. The minimum atomic E-state index is 0.426. The number of rotatable bonds is 2. The summed E-state index contributed by atoms with van der Waals surface area (Å²) >= 11 is 0. The zero-order valence-electron chi connectivity index (χ0n) is 11.5. The van der Waals surface area contributed by atoms with Gasteiger partial charge in [0.25, 0.3) is 0 Å².